The first-order chi connectivity index (χ1) is 8.20. The Morgan fingerprint density at radius 3 is 3.00 bits per heavy atom. The number of hydrogen-bond donors (Lipinski definition) is 2. The fourth-order valence-electron chi connectivity index (χ4n) is 2.26. The maximum absolute atomic E-state index is 13.5. The van der Waals surface area contributed by atoms with Crippen molar-refractivity contribution in [2.24, 2.45) is 5.92 Å². The average Bonchev–Trinajstić information content (AvgIpc) is 2.32. The van der Waals surface area contributed by atoms with E-state index in [0.717, 1.165) is 25.1 Å². The van der Waals surface area contributed by atoms with Gasteiger partial charge in [-0.3, -0.25) is 0 Å². The van der Waals surface area contributed by atoms with Gasteiger partial charge < -0.3 is 15.2 Å². The van der Waals surface area contributed by atoms with E-state index in [2.05, 4.69) is 5.32 Å². The Morgan fingerprint density at radius 1 is 1.53 bits per heavy atom. The molecule has 1 aromatic rings. The molecule has 2 atom stereocenters. The van der Waals surface area contributed by atoms with Crippen molar-refractivity contribution >= 4 is 0 Å². The van der Waals surface area contributed by atoms with Crippen LogP contribution < -0.4 is 10.1 Å². The average molecular weight is 239 g/mol. The molecule has 1 aromatic carbocycles. The second-order valence-corrected chi connectivity index (χ2v) is 4.49. The Morgan fingerprint density at radius 2 is 2.35 bits per heavy atom. The Bertz CT molecular complexity index is 384. The van der Waals surface area contributed by atoms with Gasteiger partial charge in [-0.05, 0) is 37.1 Å². The van der Waals surface area contributed by atoms with E-state index < -0.39 is 0 Å². The first-order valence-corrected chi connectivity index (χ1v) is 5.92. The zero-order valence-corrected chi connectivity index (χ0v) is 9.95. The van der Waals surface area contributed by atoms with E-state index in [0.29, 0.717) is 6.42 Å². The summed E-state index contributed by atoms with van der Waals surface area (Å²) >= 11 is 0. The van der Waals surface area contributed by atoms with Gasteiger partial charge in [-0.1, -0.05) is 6.07 Å². The molecule has 0 amide bonds. The normalized spacial score (nSPS) is 24.6. The van der Waals surface area contributed by atoms with Crippen molar-refractivity contribution in [2.75, 3.05) is 20.2 Å². The Kier molecular flexibility index (Phi) is 3.97. The number of aliphatic hydroxyl groups is 1. The molecule has 0 saturated carbocycles. The van der Waals surface area contributed by atoms with Gasteiger partial charge in [0.25, 0.3) is 0 Å². The summed E-state index contributed by atoms with van der Waals surface area (Å²) in [5.41, 5.74) is 0.899. The number of methoxy groups -OCH3 is 1. The molecular formula is C13H18FNO2. The van der Waals surface area contributed by atoms with E-state index in [9.17, 15) is 9.50 Å². The third kappa shape index (κ3) is 2.96. The highest BCUT2D eigenvalue weighted by molar-refractivity contribution is 5.29. The fourth-order valence-corrected chi connectivity index (χ4v) is 2.26. The van der Waals surface area contributed by atoms with Crippen LogP contribution in [0.15, 0.2) is 18.2 Å². The molecule has 17 heavy (non-hydrogen) atoms. The van der Waals surface area contributed by atoms with Gasteiger partial charge in [0, 0.05) is 12.5 Å². The highest BCUT2D eigenvalue weighted by atomic mass is 19.1. The summed E-state index contributed by atoms with van der Waals surface area (Å²) in [5, 5.41) is 13.1. The third-order valence-corrected chi connectivity index (χ3v) is 3.28. The van der Waals surface area contributed by atoms with Gasteiger partial charge >= 0.3 is 0 Å². The van der Waals surface area contributed by atoms with E-state index >= 15 is 0 Å². The van der Waals surface area contributed by atoms with E-state index in [-0.39, 0.29) is 23.6 Å². The lowest BCUT2D eigenvalue weighted by atomic mass is 9.90. The lowest BCUT2D eigenvalue weighted by molar-refractivity contribution is 0.0791. The number of nitrogens with one attached hydrogen (secondary N) is 1. The molecule has 2 unspecified atom stereocenters. The molecule has 2 rings (SSSR count). The molecule has 0 aliphatic carbocycles. The summed E-state index contributed by atoms with van der Waals surface area (Å²) in [5.74, 6) is 0.0795. The van der Waals surface area contributed by atoms with Gasteiger partial charge in [0.05, 0.1) is 13.2 Å². The molecule has 1 saturated heterocycles. The summed E-state index contributed by atoms with van der Waals surface area (Å²) in [6.45, 7) is 1.64. The van der Waals surface area contributed by atoms with Crippen LogP contribution >= 0.6 is 0 Å². The number of piperidine rings is 1. The van der Waals surface area contributed by atoms with Gasteiger partial charge in [0.1, 0.15) is 0 Å². The van der Waals surface area contributed by atoms with Crippen LogP contribution in [-0.2, 0) is 6.42 Å². The minimum absolute atomic E-state index is 0.163. The number of hydrogen-bond acceptors (Lipinski definition) is 3. The van der Waals surface area contributed by atoms with Crippen LogP contribution in [0.1, 0.15) is 12.0 Å². The first kappa shape index (κ1) is 12.3. The molecule has 2 N–H and O–H groups in total. The Labute approximate surface area is 101 Å². The van der Waals surface area contributed by atoms with Crippen molar-refractivity contribution in [1.82, 2.24) is 5.32 Å². The predicted molar refractivity (Wildman–Crippen MR) is 63.6 cm³/mol. The minimum Gasteiger partial charge on any atom is -0.494 e. The van der Waals surface area contributed by atoms with Crippen molar-refractivity contribution in [3.8, 4) is 5.75 Å². The van der Waals surface area contributed by atoms with Crippen molar-refractivity contribution in [3.05, 3.63) is 29.6 Å². The van der Waals surface area contributed by atoms with Gasteiger partial charge in [0.15, 0.2) is 11.6 Å². The Hall–Kier alpha value is -1.13. The van der Waals surface area contributed by atoms with Crippen LogP contribution in [0.5, 0.6) is 5.75 Å². The minimum atomic E-state index is -0.344. The highest BCUT2D eigenvalue weighted by Crippen LogP contribution is 2.22. The van der Waals surface area contributed by atoms with Crippen molar-refractivity contribution in [3.63, 3.8) is 0 Å². The summed E-state index contributed by atoms with van der Waals surface area (Å²) in [6.07, 6.45) is 1.17. The summed E-state index contributed by atoms with van der Waals surface area (Å²) in [6, 6.07) is 4.97. The molecule has 1 aliphatic heterocycles. The molecule has 0 spiro atoms. The third-order valence-electron chi connectivity index (χ3n) is 3.28. The second-order valence-electron chi connectivity index (χ2n) is 4.49. The zero-order valence-electron chi connectivity index (χ0n) is 9.95. The van der Waals surface area contributed by atoms with Gasteiger partial charge in [0.2, 0.25) is 0 Å². The lowest BCUT2D eigenvalue weighted by Crippen LogP contribution is -2.40. The van der Waals surface area contributed by atoms with Crippen LogP contribution in [0.25, 0.3) is 0 Å². The van der Waals surface area contributed by atoms with Crippen molar-refractivity contribution in [1.29, 1.82) is 0 Å². The molecule has 1 fully saturated rings. The van der Waals surface area contributed by atoms with E-state index in [1.165, 1.54) is 13.2 Å². The van der Waals surface area contributed by atoms with Crippen molar-refractivity contribution in [2.45, 2.75) is 18.9 Å². The smallest absolute Gasteiger partial charge is 0.165 e. The van der Waals surface area contributed by atoms with Gasteiger partial charge in [-0.2, -0.15) is 0 Å². The summed E-state index contributed by atoms with van der Waals surface area (Å²) < 4.78 is 18.4. The van der Waals surface area contributed by atoms with Crippen LogP contribution in [-0.4, -0.2) is 31.4 Å². The Balaban J connectivity index is 2.05. The molecular weight excluding hydrogens is 221 g/mol. The number of halogens is 1. The first-order valence-electron chi connectivity index (χ1n) is 5.92. The van der Waals surface area contributed by atoms with E-state index in [1.54, 1.807) is 6.07 Å². The topological polar surface area (TPSA) is 41.5 Å². The number of benzene rings is 1. The van der Waals surface area contributed by atoms with Crippen molar-refractivity contribution < 1.29 is 14.2 Å². The molecule has 1 heterocycles. The SMILES string of the molecule is COc1ccc(CC2CNCCC2O)cc1F. The van der Waals surface area contributed by atoms with E-state index in [1.807, 2.05) is 6.07 Å². The van der Waals surface area contributed by atoms with Crippen LogP contribution in [0.3, 0.4) is 0 Å². The lowest BCUT2D eigenvalue weighted by Gasteiger charge is -2.28. The quantitative estimate of drug-likeness (QED) is 0.836. The highest BCUT2D eigenvalue weighted by Gasteiger charge is 2.23. The molecule has 0 bridgehead atoms. The number of aliphatic hydroxyl groups excluding tert-OH is 1. The molecule has 0 aromatic heterocycles. The predicted octanol–water partition coefficient (Wildman–Crippen LogP) is 1.35. The number of ether oxygens (including phenoxy) is 1. The maximum Gasteiger partial charge on any atom is 0.165 e. The van der Waals surface area contributed by atoms with Crippen LogP contribution in [0.4, 0.5) is 4.39 Å². The van der Waals surface area contributed by atoms with Gasteiger partial charge in [-0.15, -0.1) is 0 Å². The fraction of sp³-hybridized carbons (Fsp3) is 0.538. The largest absolute Gasteiger partial charge is 0.494 e. The standard InChI is InChI=1S/C13H18FNO2/c1-17-13-3-2-9(7-11(13)14)6-10-8-15-5-4-12(10)16/h2-3,7,10,12,15-16H,4-6,8H2,1H3. The zero-order chi connectivity index (χ0) is 12.3. The summed E-state index contributed by atoms with van der Waals surface area (Å²) in [7, 11) is 1.45. The molecule has 3 nitrogen and oxygen atoms in total. The second kappa shape index (κ2) is 5.47. The maximum atomic E-state index is 13.5. The summed E-state index contributed by atoms with van der Waals surface area (Å²) in [4.78, 5) is 0. The van der Waals surface area contributed by atoms with Crippen LogP contribution in [0, 0.1) is 11.7 Å². The molecule has 0 radical (unpaired) electrons. The van der Waals surface area contributed by atoms with Crippen LogP contribution in [0.2, 0.25) is 0 Å². The molecule has 4 heteroatoms. The van der Waals surface area contributed by atoms with Gasteiger partial charge in [-0.25, -0.2) is 4.39 Å². The number of rotatable bonds is 3. The monoisotopic (exact) mass is 239 g/mol. The molecule has 1 aliphatic rings. The molecule has 94 valence electrons. The van der Waals surface area contributed by atoms with E-state index in [4.69, 9.17) is 4.74 Å².